The van der Waals surface area contributed by atoms with Crippen LogP contribution >= 0.6 is 15.9 Å². The van der Waals surface area contributed by atoms with Gasteiger partial charge in [0.15, 0.2) is 0 Å². The van der Waals surface area contributed by atoms with Crippen molar-refractivity contribution >= 4 is 27.5 Å². The molecule has 1 aromatic carbocycles. The molecule has 0 aliphatic carbocycles. The van der Waals surface area contributed by atoms with Crippen molar-refractivity contribution in [3.05, 3.63) is 22.7 Å². The summed E-state index contributed by atoms with van der Waals surface area (Å²) in [6, 6.07) is 5.48. The molecule has 1 rings (SSSR count). The van der Waals surface area contributed by atoms with E-state index in [4.69, 9.17) is 10.5 Å². The molecule has 0 bridgehead atoms. The lowest BCUT2D eigenvalue weighted by Crippen LogP contribution is -2.50. The first-order chi connectivity index (χ1) is 7.77. The smallest absolute Gasteiger partial charge is 0.246 e. The Morgan fingerprint density at radius 2 is 2.06 bits per heavy atom. The molecule has 0 aliphatic heterocycles. The van der Waals surface area contributed by atoms with Crippen molar-refractivity contribution in [3.8, 4) is 5.75 Å². The lowest BCUT2D eigenvalue weighted by Gasteiger charge is -2.27. The number of nitrogens with two attached hydrogens (primary N) is 1. The van der Waals surface area contributed by atoms with Gasteiger partial charge in [-0.2, -0.15) is 0 Å². The van der Waals surface area contributed by atoms with Gasteiger partial charge in [0.25, 0.3) is 0 Å². The fourth-order valence-electron chi connectivity index (χ4n) is 1.47. The fourth-order valence-corrected chi connectivity index (χ4v) is 1.82. The van der Waals surface area contributed by atoms with Crippen molar-refractivity contribution in [2.24, 2.45) is 5.73 Å². The zero-order valence-electron chi connectivity index (χ0n) is 10.5. The summed E-state index contributed by atoms with van der Waals surface area (Å²) in [4.78, 5) is 13.6. The summed E-state index contributed by atoms with van der Waals surface area (Å²) in [5.74, 6) is 0.460. The monoisotopic (exact) mass is 300 g/mol. The maximum atomic E-state index is 12.1. The van der Waals surface area contributed by atoms with Crippen LogP contribution in [0.3, 0.4) is 0 Å². The quantitative estimate of drug-likeness (QED) is 0.931. The van der Waals surface area contributed by atoms with Crippen molar-refractivity contribution < 1.29 is 9.53 Å². The highest BCUT2D eigenvalue weighted by molar-refractivity contribution is 9.10. The third kappa shape index (κ3) is 3.20. The summed E-state index contributed by atoms with van der Waals surface area (Å²) >= 11 is 3.37. The van der Waals surface area contributed by atoms with Gasteiger partial charge in [0, 0.05) is 11.5 Å². The first kappa shape index (κ1) is 14.0. The summed E-state index contributed by atoms with van der Waals surface area (Å²) in [5.41, 5.74) is 5.57. The average Bonchev–Trinajstić information content (AvgIpc) is 2.25. The number of methoxy groups -OCH3 is 1. The predicted octanol–water partition coefficient (Wildman–Crippen LogP) is 2.16. The van der Waals surface area contributed by atoms with E-state index in [9.17, 15) is 4.79 Å². The van der Waals surface area contributed by atoms with Gasteiger partial charge in [-0.15, -0.1) is 0 Å². The molecule has 0 radical (unpaired) electrons. The highest BCUT2D eigenvalue weighted by Gasteiger charge is 2.27. The molecular weight excluding hydrogens is 284 g/mol. The van der Waals surface area contributed by atoms with Crippen molar-refractivity contribution in [2.45, 2.75) is 19.4 Å². The third-order valence-corrected chi connectivity index (χ3v) is 2.85. The molecule has 0 saturated heterocycles. The van der Waals surface area contributed by atoms with E-state index in [0.717, 1.165) is 4.47 Å². The maximum Gasteiger partial charge on any atom is 0.246 e. The van der Waals surface area contributed by atoms with E-state index >= 15 is 0 Å². The summed E-state index contributed by atoms with van der Waals surface area (Å²) in [6.45, 7) is 3.35. The molecule has 0 saturated carbocycles. The minimum atomic E-state index is -0.915. The third-order valence-electron chi connectivity index (χ3n) is 2.36. The van der Waals surface area contributed by atoms with Crippen LogP contribution in [0.5, 0.6) is 5.75 Å². The first-order valence-corrected chi connectivity index (χ1v) is 5.97. The largest absolute Gasteiger partial charge is 0.495 e. The highest BCUT2D eigenvalue weighted by Crippen LogP contribution is 2.31. The summed E-state index contributed by atoms with van der Waals surface area (Å²) in [5, 5.41) is 0. The van der Waals surface area contributed by atoms with Gasteiger partial charge in [-0.05, 0) is 32.0 Å². The molecule has 1 amide bonds. The van der Waals surface area contributed by atoms with Crippen LogP contribution in [0.4, 0.5) is 5.69 Å². The zero-order chi connectivity index (χ0) is 13.2. The average molecular weight is 301 g/mol. The van der Waals surface area contributed by atoms with Crippen LogP contribution < -0.4 is 15.4 Å². The van der Waals surface area contributed by atoms with Crippen LogP contribution in [0, 0.1) is 0 Å². The number of carbonyl (C=O) groups excluding carboxylic acids is 1. The Bertz CT molecular complexity index is 427. The number of likely N-dealkylation sites (N-methyl/N-ethyl adjacent to an activating group) is 1. The van der Waals surface area contributed by atoms with Crippen molar-refractivity contribution in [1.29, 1.82) is 0 Å². The number of ether oxygens (including phenoxy) is 1. The molecule has 94 valence electrons. The minimum Gasteiger partial charge on any atom is -0.495 e. The maximum absolute atomic E-state index is 12.1. The van der Waals surface area contributed by atoms with Gasteiger partial charge in [0.1, 0.15) is 5.75 Å². The lowest BCUT2D eigenvalue weighted by atomic mass is 10.1. The van der Waals surface area contributed by atoms with E-state index in [1.54, 1.807) is 34.1 Å². The molecular formula is C12H17BrN2O2. The number of amides is 1. The number of hydrogen-bond donors (Lipinski definition) is 1. The summed E-state index contributed by atoms with van der Waals surface area (Å²) in [7, 11) is 3.25. The van der Waals surface area contributed by atoms with Gasteiger partial charge < -0.3 is 15.4 Å². The van der Waals surface area contributed by atoms with Gasteiger partial charge in [0.05, 0.1) is 18.3 Å². The Morgan fingerprint density at radius 3 is 2.53 bits per heavy atom. The molecule has 0 unspecified atom stereocenters. The summed E-state index contributed by atoms with van der Waals surface area (Å²) in [6.07, 6.45) is 0. The topological polar surface area (TPSA) is 55.6 Å². The van der Waals surface area contributed by atoms with Crippen LogP contribution in [0.15, 0.2) is 22.7 Å². The normalized spacial score (nSPS) is 11.2. The molecule has 1 aromatic rings. The standard InChI is InChI=1S/C12H17BrN2O2/c1-12(2,14)11(16)15(3)9-7-8(13)5-6-10(9)17-4/h5-7H,14H2,1-4H3. The van der Waals surface area contributed by atoms with Gasteiger partial charge in [-0.1, -0.05) is 15.9 Å². The Balaban J connectivity index is 3.15. The van der Waals surface area contributed by atoms with Crippen molar-refractivity contribution in [1.82, 2.24) is 0 Å². The fraction of sp³-hybridized carbons (Fsp3) is 0.417. The number of hydrogen-bond acceptors (Lipinski definition) is 3. The van der Waals surface area contributed by atoms with E-state index in [0.29, 0.717) is 11.4 Å². The number of nitrogens with zero attached hydrogens (tertiary/aromatic N) is 1. The second kappa shape index (κ2) is 5.06. The number of benzene rings is 1. The number of carbonyl (C=O) groups is 1. The number of halogens is 1. The van der Waals surface area contributed by atoms with Crippen LogP contribution in [0.1, 0.15) is 13.8 Å². The van der Waals surface area contributed by atoms with Gasteiger partial charge in [-0.3, -0.25) is 4.79 Å². The SMILES string of the molecule is COc1ccc(Br)cc1N(C)C(=O)C(C)(C)N. The van der Waals surface area contributed by atoms with E-state index in [2.05, 4.69) is 15.9 Å². The Labute approximate surface area is 110 Å². The molecule has 4 nitrogen and oxygen atoms in total. The molecule has 0 aromatic heterocycles. The van der Waals surface area contributed by atoms with Crippen molar-refractivity contribution in [3.63, 3.8) is 0 Å². The number of anilines is 1. The second-order valence-corrected chi connectivity index (χ2v) is 5.32. The molecule has 0 atom stereocenters. The Morgan fingerprint density at radius 1 is 1.47 bits per heavy atom. The lowest BCUT2D eigenvalue weighted by molar-refractivity contribution is -0.122. The van der Waals surface area contributed by atoms with E-state index in [1.807, 2.05) is 12.1 Å². The van der Waals surface area contributed by atoms with Gasteiger partial charge in [-0.25, -0.2) is 0 Å². The Kier molecular flexibility index (Phi) is 4.16. The highest BCUT2D eigenvalue weighted by atomic mass is 79.9. The van der Waals surface area contributed by atoms with E-state index < -0.39 is 5.54 Å². The van der Waals surface area contributed by atoms with Gasteiger partial charge >= 0.3 is 0 Å². The van der Waals surface area contributed by atoms with Crippen molar-refractivity contribution in [2.75, 3.05) is 19.1 Å². The molecule has 0 spiro atoms. The zero-order valence-corrected chi connectivity index (χ0v) is 12.0. The minimum absolute atomic E-state index is 0.172. The van der Waals surface area contributed by atoms with E-state index in [1.165, 1.54) is 4.90 Å². The molecule has 5 heteroatoms. The van der Waals surface area contributed by atoms with Crippen LogP contribution in [-0.4, -0.2) is 25.6 Å². The predicted molar refractivity (Wildman–Crippen MR) is 72.4 cm³/mol. The Hall–Kier alpha value is -1.07. The van der Waals surface area contributed by atoms with Crippen LogP contribution in [-0.2, 0) is 4.79 Å². The van der Waals surface area contributed by atoms with Gasteiger partial charge in [0.2, 0.25) is 5.91 Å². The molecule has 2 N–H and O–H groups in total. The summed E-state index contributed by atoms with van der Waals surface area (Å²) < 4.78 is 6.11. The van der Waals surface area contributed by atoms with Crippen LogP contribution in [0.25, 0.3) is 0 Å². The molecule has 17 heavy (non-hydrogen) atoms. The second-order valence-electron chi connectivity index (χ2n) is 4.40. The first-order valence-electron chi connectivity index (χ1n) is 5.18. The number of rotatable bonds is 3. The molecule has 0 aliphatic rings. The van der Waals surface area contributed by atoms with Crippen LogP contribution in [0.2, 0.25) is 0 Å². The van der Waals surface area contributed by atoms with E-state index in [-0.39, 0.29) is 5.91 Å². The molecule has 0 heterocycles. The molecule has 0 fully saturated rings.